The molecule has 1 unspecified atom stereocenters. The molecule has 4 rings (SSSR count). The Labute approximate surface area is 144 Å². The minimum atomic E-state index is -0.227. The topological polar surface area (TPSA) is 77.8 Å². The Balaban J connectivity index is 1.44. The lowest BCUT2D eigenvalue weighted by atomic mass is 9.95. The summed E-state index contributed by atoms with van der Waals surface area (Å²) in [5.74, 6) is 1.18. The molecule has 1 aromatic carbocycles. The van der Waals surface area contributed by atoms with Gasteiger partial charge in [-0.2, -0.15) is 5.10 Å². The number of nitrogens with zero attached hydrogens (tertiary/aromatic N) is 3. The van der Waals surface area contributed by atoms with E-state index in [-0.39, 0.29) is 11.8 Å². The summed E-state index contributed by atoms with van der Waals surface area (Å²) < 4.78 is 12.8. The van der Waals surface area contributed by atoms with E-state index in [1.54, 1.807) is 11.6 Å². The Morgan fingerprint density at radius 2 is 2.24 bits per heavy atom. The lowest BCUT2D eigenvalue weighted by Crippen LogP contribution is -2.37. The lowest BCUT2D eigenvalue weighted by molar-refractivity contribution is -0.126. The number of methoxy groups -OCH3 is 1. The molecule has 0 radical (unpaired) electrons. The van der Waals surface area contributed by atoms with Gasteiger partial charge in [0.05, 0.1) is 25.3 Å². The number of ether oxygens (including phenoxy) is 2. The van der Waals surface area contributed by atoms with Crippen molar-refractivity contribution in [3.8, 4) is 11.5 Å². The van der Waals surface area contributed by atoms with Crippen molar-refractivity contribution in [2.75, 3.05) is 13.7 Å². The SMILES string of the molecule is COc1cccc2c1OCC(C(=O)NCc1cccc3ncnn13)C2. The number of carbonyl (C=O) groups is 1. The molecule has 0 spiro atoms. The van der Waals surface area contributed by atoms with Crippen molar-refractivity contribution in [3.05, 3.63) is 54.0 Å². The molecule has 1 amide bonds. The number of hydrogen-bond donors (Lipinski definition) is 1. The number of benzene rings is 1. The maximum absolute atomic E-state index is 12.5. The maximum Gasteiger partial charge on any atom is 0.227 e. The number of fused-ring (bicyclic) bond motifs is 2. The van der Waals surface area contributed by atoms with Crippen LogP contribution in [-0.2, 0) is 17.8 Å². The third-order valence-electron chi connectivity index (χ3n) is 4.37. The highest BCUT2D eigenvalue weighted by atomic mass is 16.5. The van der Waals surface area contributed by atoms with Crippen molar-refractivity contribution in [1.82, 2.24) is 19.9 Å². The van der Waals surface area contributed by atoms with E-state index in [1.807, 2.05) is 36.4 Å². The van der Waals surface area contributed by atoms with Gasteiger partial charge >= 0.3 is 0 Å². The summed E-state index contributed by atoms with van der Waals surface area (Å²) >= 11 is 0. The molecule has 0 saturated carbocycles. The molecule has 0 aliphatic carbocycles. The molecule has 1 atom stereocenters. The van der Waals surface area contributed by atoms with Gasteiger partial charge in [-0.1, -0.05) is 18.2 Å². The molecule has 25 heavy (non-hydrogen) atoms. The molecule has 0 bridgehead atoms. The van der Waals surface area contributed by atoms with E-state index in [9.17, 15) is 4.79 Å². The third kappa shape index (κ3) is 2.88. The van der Waals surface area contributed by atoms with Gasteiger partial charge in [0.2, 0.25) is 5.91 Å². The molecule has 2 aromatic heterocycles. The first-order chi connectivity index (χ1) is 12.3. The summed E-state index contributed by atoms with van der Waals surface area (Å²) in [5, 5.41) is 7.14. The van der Waals surface area contributed by atoms with Gasteiger partial charge in [0.15, 0.2) is 17.1 Å². The van der Waals surface area contributed by atoms with E-state index in [4.69, 9.17) is 9.47 Å². The standard InChI is InChI=1S/C18H18N4O3/c1-24-15-6-2-4-12-8-13(10-25-17(12)15)18(23)19-9-14-5-3-7-16-20-11-21-22(14)16/h2-7,11,13H,8-10H2,1H3,(H,19,23). The fourth-order valence-corrected chi connectivity index (χ4v) is 3.08. The van der Waals surface area contributed by atoms with Crippen molar-refractivity contribution in [2.24, 2.45) is 5.92 Å². The van der Waals surface area contributed by atoms with Crippen LogP contribution in [0.2, 0.25) is 0 Å². The van der Waals surface area contributed by atoms with Crippen LogP contribution in [0, 0.1) is 5.92 Å². The van der Waals surface area contributed by atoms with Crippen molar-refractivity contribution in [3.63, 3.8) is 0 Å². The average Bonchev–Trinajstić information content (AvgIpc) is 3.14. The van der Waals surface area contributed by atoms with Gasteiger partial charge in [-0.05, 0) is 30.2 Å². The molecular weight excluding hydrogens is 320 g/mol. The summed E-state index contributed by atoms with van der Waals surface area (Å²) in [6.07, 6.45) is 2.13. The highest BCUT2D eigenvalue weighted by molar-refractivity contribution is 5.79. The van der Waals surface area contributed by atoms with Gasteiger partial charge in [-0.15, -0.1) is 0 Å². The Morgan fingerprint density at radius 1 is 1.36 bits per heavy atom. The predicted octanol–water partition coefficient (Wildman–Crippen LogP) is 1.61. The maximum atomic E-state index is 12.5. The lowest BCUT2D eigenvalue weighted by Gasteiger charge is -2.25. The molecule has 7 heteroatoms. The van der Waals surface area contributed by atoms with Gasteiger partial charge in [0, 0.05) is 0 Å². The summed E-state index contributed by atoms with van der Waals surface area (Å²) in [5.41, 5.74) is 2.63. The zero-order valence-corrected chi connectivity index (χ0v) is 13.8. The van der Waals surface area contributed by atoms with E-state index in [0.29, 0.717) is 25.3 Å². The van der Waals surface area contributed by atoms with Crippen LogP contribution in [-0.4, -0.2) is 34.2 Å². The second-order valence-corrected chi connectivity index (χ2v) is 5.93. The summed E-state index contributed by atoms with van der Waals surface area (Å²) in [6, 6.07) is 11.4. The largest absolute Gasteiger partial charge is 0.493 e. The smallest absolute Gasteiger partial charge is 0.227 e. The van der Waals surface area contributed by atoms with Crippen LogP contribution in [0.5, 0.6) is 11.5 Å². The van der Waals surface area contributed by atoms with Crippen molar-refractivity contribution >= 4 is 11.6 Å². The molecule has 0 fully saturated rings. The highest BCUT2D eigenvalue weighted by Gasteiger charge is 2.27. The van der Waals surface area contributed by atoms with Gasteiger partial charge in [-0.3, -0.25) is 4.79 Å². The van der Waals surface area contributed by atoms with Crippen LogP contribution < -0.4 is 14.8 Å². The molecule has 3 heterocycles. The number of pyridine rings is 1. The van der Waals surface area contributed by atoms with E-state index in [0.717, 1.165) is 22.7 Å². The summed E-state index contributed by atoms with van der Waals surface area (Å²) in [4.78, 5) is 16.7. The molecule has 7 nitrogen and oxygen atoms in total. The molecule has 1 aliphatic heterocycles. The molecule has 0 saturated heterocycles. The molecular formula is C18H18N4O3. The fraction of sp³-hybridized carbons (Fsp3) is 0.278. The zero-order valence-electron chi connectivity index (χ0n) is 13.8. The van der Waals surface area contributed by atoms with Gasteiger partial charge < -0.3 is 14.8 Å². The van der Waals surface area contributed by atoms with Gasteiger partial charge in [0.1, 0.15) is 12.9 Å². The Kier molecular flexibility index (Phi) is 3.97. The van der Waals surface area contributed by atoms with E-state index >= 15 is 0 Å². The quantitative estimate of drug-likeness (QED) is 0.782. The first-order valence-electron chi connectivity index (χ1n) is 8.10. The van der Waals surface area contributed by atoms with Crippen LogP contribution in [0.4, 0.5) is 0 Å². The minimum Gasteiger partial charge on any atom is -0.493 e. The summed E-state index contributed by atoms with van der Waals surface area (Å²) in [6.45, 7) is 0.730. The number of rotatable bonds is 4. The fourth-order valence-electron chi connectivity index (χ4n) is 3.08. The third-order valence-corrected chi connectivity index (χ3v) is 4.37. The van der Waals surface area contributed by atoms with E-state index in [1.165, 1.54) is 6.33 Å². The first-order valence-corrected chi connectivity index (χ1v) is 8.10. The molecule has 1 aliphatic rings. The minimum absolute atomic E-state index is 0.0365. The van der Waals surface area contributed by atoms with E-state index < -0.39 is 0 Å². The second kappa shape index (κ2) is 6.43. The van der Waals surface area contributed by atoms with Crippen molar-refractivity contribution in [1.29, 1.82) is 0 Å². The predicted molar refractivity (Wildman–Crippen MR) is 90.5 cm³/mol. The molecule has 3 aromatic rings. The number of nitrogens with one attached hydrogen (secondary N) is 1. The molecule has 128 valence electrons. The Bertz CT molecular complexity index is 922. The van der Waals surface area contributed by atoms with Crippen LogP contribution in [0.25, 0.3) is 5.65 Å². The number of aromatic nitrogens is 3. The van der Waals surface area contributed by atoms with Gasteiger partial charge in [-0.25, -0.2) is 9.50 Å². The monoisotopic (exact) mass is 338 g/mol. The van der Waals surface area contributed by atoms with E-state index in [2.05, 4.69) is 15.4 Å². The number of carbonyl (C=O) groups excluding carboxylic acids is 1. The number of para-hydroxylation sites is 1. The van der Waals surface area contributed by atoms with Crippen molar-refractivity contribution in [2.45, 2.75) is 13.0 Å². The first kappa shape index (κ1) is 15.4. The second-order valence-electron chi connectivity index (χ2n) is 5.93. The van der Waals surface area contributed by atoms with Crippen LogP contribution in [0.3, 0.4) is 0 Å². The van der Waals surface area contributed by atoms with Crippen molar-refractivity contribution < 1.29 is 14.3 Å². The number of hydrogen-bond acceptors (Lipinski definition) is 5. The van der Waals surface area contributed by atoms with Crippen LogP contribution in [0.15, 0.2) is 42.7 Å². The van der Waals surface area contributed by atoms with Crippen LogP contribution in [0.1, 0.15) is 11.3 Å². The average molecular weight is 338 g/mol. The Morgan fingerprint density at radius 3 is 3.12 bits per heavy atom. The van der Waals surface area contributed by atoms with Crippen LogP contribution >= 0.6 is 0 Å². The highest BCUT2D eigenvalue weighted by Crippen LogP contribution is 2.36. The Hall–Kier alpha value is -3.09. The van der Waals surface area contributed by atoms with Gasteiger partial charge in [0.25, 0.3) is 0 Å². The normalized spacial score (nSPS) is 16.1. The zero-order chi connectivity index (χ0) is 17.2. The molecule has 1 N–H and O–H groups in total. The summed E-state index contributed by atoms with van der Waals surface area (Å²) in [7, 11) is 1.61. The number of amides is 1.